The Balaban J connectivity index is 1.53. The molecule has 1 N–H and O–H groups in total. The zero-order valence-corrected chi connectivity index (χ0v) is 16.5. The zero-order chi connectivity index (χ0) is 18.6. The Kier molecular flexibility index (Phi) is 5.77. The number of amides is 1. The van der Waals surface area contributed by atoms with Gasteiger partial charge in [-0.3, -0.25) is 9.69 Å². The van der Waals surface area contributed by atoms with Crippen LogP contribution in [0, 0.1) is 5.82 Å². The maximum absolute atomic E-state index is 13.5. The number of fused-ring (bicyclic) bond motifs is 1. The van der Waals surface area contributed by atoms with Gasteiger partial charge in [0.25, 0.3) is 5.91 Å². The summed E-state index contributed by atoms with van der Waals surface area (Å²) in [6, 6.07) is 8.25. The van der Waals surface area contributed by atoms with E-state index in [1.807, 2.05) is 17.5 Å². The van der Waals surface area contributed by atoms with E-state index in [0.717, 1.165) is 49.5 Å². The van der Waals surface area contributed by atoms with Crippen molar-refractivity contribution in [2.24, 2.45) is 0 Å². The average molecular weight is 407 g/mol. The Labute approximate surface area is 165 Å². The Morgan fingerprint density at radius 1 is 1.30 bits per heavy atom. The summed E-state index contributed by atoms with van der Waals surface area (Å²) in [7, 11) is 0. The highest BCUT2D eigenvalue weighted by Gasteiger charge is 2.23. The summed E-state index contributed by atoms with van der Waals surface area (Å²) in [5.41, 5.74) is 0.721. The summed E-state index contributed by atoms with van der Waals surface area (Å²) in [5.74, 6) is -0.328. The molecule has 1 saturated heterocycles. The quantitative estimate of drug-likeness (QED) is 0.684. The van der Waals surface area contributed by atoms with E-state index in [0.29, 0.717) is 16.6 Å². The lowest BCUT2D eigenvalue weighted by molar-refractivity contribution is -0.908. The van der Waals surface area contributed by atoms with Crippen molar-refractivity contribution in [2.45, 2.75) is 6.42 Å². The third kappa shape index (κ3) is 4.35. The summed E-state index contributed by atoms with van der Waals surface area (Å²) in [5, 5.41) is 2.53. The van der Waals surface area contributed by atoms with Gasteiger partial charge in [0.05, 0.1) is 34.9 Å². The van der Waals surface area contributed by atoms with Crippen LogP contribution in [-0.2, 0) is 4.74 Å². The number of benzene rings is 1. The van der Waals surface area contributed by atoms with E-state index in [1.54, 1.807) is 11.0 Å². The first-order valence-corrected chi connectivity index (χ1v) is 10.7. The number of nitrogens with zero attached hydrogens (tertiary/aromatic N) is 2. The Hall–Kier alpha value is -1.87. The summed E-state index contributed by atoms with van der Waals surface area (Å²) in [6.07, 6.45) is 0.886. The van der Waals surface area contributed by atoms with E-state index in [-0.39, 0.29) is 11.7 Å². The molecule has 1 amide bonds. The van der Waals surface area contributed by atoms with Gasteiger partial charge in [-0.2, -0.15) is 0 Å². The number of hydrogen-bond acceptors (Lipinski definition) is 5. The molecule has 8 heteroatoms. The number of thiophene rings is 1. The number of aromatic nitrogens is 1. The number of halogens is 1. The summed E-state index contributed by atoms with van der Waals surface area (Å²) >= 11 is 2.79. The molecular weight excluding hydrogens is 385 g/mol. The Morgan fingerprint density at radius 3 is 2.93 bits per heavy atom. The summed E-state index contributed by atoms with van der Waals surface area (Å²) in [4.78, 5) is 21.6. The fourth-order valence-corrected chi connectivity index (χ4v) is 4.90. The fraction of sp³-hybridized carbons (Fsp3) is 0.368. The third-order valence-electron chi connectivity index (χ3n) is 4.66. The maximum atomic E-state index is 13.5. The van der Waals surface area contributed by atoms with Gasteiger partial charge in [0.15, 0.2) is 5.13 Å². The second-order valence-corrected chi connectivity index (χ2v) is 8.47. The number of carbonyl (C=O) groups is 1. The second-order valence-electron chi connectivity index (χ2n) is 6.51. The van der Waals surface area contributed by atoms with Crippen LogP contribution in [0.3, 0.4) is 0 Å². The topological polar surface area (TPSA) is 46.9 Å². The van der Waals surface area contributed by atoms with E-state index in [9.17, 15) is 9.18 Å². The van der Waals surface area contributed by atoms with E-state index < -0.39 is 0 Å². The van der Waals surface area contributed by atoms with Gasteiger partial charge in [0.1, 0.15) is 18.9 Å². The van der Waals surface area contributed by atoms with Crippen molar-refractivity contribution in [3.05, 3.63) is 46.4 Å². The minimum Gasteiger partial charge on any atom is -0.370 e. The molecule has 27 heavy (non-hydrogen) atoms. The highest BCUT2D eigenvalue weighted by molar-refractivity contribution is 7.22. The molecule has 4 rings (SSSR count). The van der Waals surface area contributed by atoms with Gasteiger partial charge < -0.3 is 9.64 Å². The zero-order valence-electron chi connectivity index (χ0n) is 14.8. The minimum absolute atomic E-state index is 0.0403. The molecule has 5 nitrogen and oxygen atoms in total. The second kappa shape index (κ2) is 8.43. The van der Waals surface area contributed by atoms with Crippen molar-refractivity contribution in [3.63, 3.8) is 0 Å². The molecule has 3 aromatic rings. The lowest BCUT2D eigenvalue weighted by Gasteiger charge is -2.25. The molecule has 2 aromatic heterocycles. The highest BCUT2D eigenvalue weighted by atomic mass is 32.1. The van der Waals surface area contributed by atoms with E-state index in [1.165, 1.54) is 39.7 Å². The fourth-order valence-electron chi connectivity index (χ4n) is 3.22. The monoisotopic (exact) mass is 406 g/mol. The van der Waals surface area contributed by atoms with Crippen molar-refractivity contribution in [1.82, 2.24) is 4.98 Å². The van der Waals surface area contributed by atoms with Crippen molar-refractivity contribution in [2.75, 3.05) is 44.3 Å². The van der Waals surface area contributed by atoms with Gasteiger partial charge >= 0.3 is 0 Å². The predicted molar refractivity (Wildman–Crippen MR) is 107 cm³/mol. The Morgan fingerprint density at radius 2 is 2.15 bits per heavy atom. The standard InChI is InChI=1S/C19H20FN3O2S2/c20-14-4-5-15-17(13-14)27-19(21-15)23(18(24)16-3-1-12-26-16)7-2-6-22-8-10-25-11-9-22/h1,3-5,12-13H,2,6-11H2/p+1. The lowest BCUT2D eigenvalue weighted by atomic mass is 10.3. The number of morpholine rings is 1. The molecule has 0 saturated carbocycles. The van der Waals surface area contributed by atoms with Gasteiger partial charge in [-0.15, -0.1) is 11.3 Å². The first-order valence-electron chi connectivity index (χ1n) is 9.03. The normalized spacial score (nSPS) is 15.3. The molecule has 142 valence electrons. The third-order valence-corrected chi connectivity index (χ3v) is 6.56. The average Bonchev–Trinajstić information content (AvgIpc) is 3.35. The van der Waals surface area contributed by atoms with Gasteiger partial charge in [-0.05, 0) is 29.6 Å². The number of anilines is 1. The molecule has 0 unspecified atom stereocenters. The smallest absolute Gasteiger partial charge is 0.270 e. The van der Waals surface area contributed by atoms with E-state index >= 15 is 0 Å². The molecule has 1 aliphatic heterocycles. The molecule has 0 aliphatic carbocycles. The SMILES string of the molecule is O=C(c1cccs1)N(CCC[NH+]1CCOCC1)c1nc2ccc(F)cc2s1. The van der Waals surface area contributed by atoms with Crippen molar-refractivity contribution in [3.8, 4) is 0 Å². The van der Waals surface area contributed by atoms with Crippen LogP contribution in [0.25, 0.3) is 10.2 Å². The van der Waals surface area contributed by atoms with Crippen LogP contribution in [0.15, 0.2) is 35.7 Å². The van der Waals surface area contributed by atoms with Crippen molar-refractivity contribution >= 4 is 43.9 Å². The molecule has 0 atom stereocenters. The largest absolute Gasteiger partial charge is 0.370 e. The van der Waals surface area contributed by atoms with Crippen LogP contribution >= 0.6 is 22.7 Å². The first kappa shape index (κ1) is 18.5. The Bertz CT molecular complexity index is 907. The van der Waals surface area contributed by atoms with Crippen LogP contribution in [0.2, 0.25) is 0 Å². The van der Waals surface area contributed by atoms with E-state index in [2.05, 4.69) is 4.98 Å². The molecule has 1 fully saturated rings. The maximum Gasteiger partial charge on any atom is 0.270 e. The molecular formula is C19H21FN3O2S2+. The molecule has 3 heterocycles. The molecule has 0 bridgehead atoms. The van der Waals surface area contributed by atoms with Crippen LogP contribution in [0.4, 0.5) is 9.52 Å². The van der Waals surface area contributed by atoms with Crippen molar-refractivity contribution in [1.29, 1.82) is 0 Å². The number of thiazole rings is 1. The summed E-state index contributed by atoms with van der Waals surface area (Å²) < 4.78 is 19.7. The van der Waals surface area contributed by atoms with E-state index in [4.69, 9.17) is 4.74 Å². The number of carbonyl (C=O) groups excluding carboxylic acids is 1. The van der Waals surface area contributed by atoms with Gasteiger partial charge in [-0.25, -0.2) is 9.37 Å². The molecule has 1 aliphatic rings. The first-order chi connectivity index (χ1) is 13.2. The number of nitrogens with one attached hydrogen (secondary N) is 1. The highest BCUT2D eigenvalue weighted by Crippen LogP contribution is 2.30. The predicted octanol–water partition coefficient (Wildman–Crippen LogP) is 2.45. The molecule has 0 radical (unpaired) electrons. The number of ether oxygens (including phenoxy) is 1. The number of rotatable bonds is 6. The lowest BCUT2D eigenvalue weighted by Crippen LogP contribution is -3.14. The van der Waals surface area contributed by atoms with Gasteiger partial charge in [0.2, 0.25) is 0 Å². The van der Waals surface area contributed by atoms with Gasteiger partial charge in [-0.1, -0.05) is 17.4 Å². The number of quaternary nitrogens is 1. The molecule has 0 spiro atoms. The minimum atomic E-state index is -0.287. The van der Waals surface area contributed by atoms with Crippen LogP contribution in [0.5, 0.6) is 0 Å². The number of hydrogen-bond donors (Lipinski definition) is 1. The summed E-state index contributed by atoms with van der Waals surface area (Å²) in [6.45, 7) is 5.23. The molecule has 1 aromatic carbocycles. The van der Waals surface area contributed by atoms with Crippen LogP contribution in [-0.4, -0.2) is 50.3 Å². The van der Waals surface area contributed by atoms with Crippen LogP contribution < -0.4 is 9.80 Å². The van der Waals surface area contributed by atoms with Crippen molar-refractivity contribution < 1.29 is 18.8 Å². The van der Waals surface area contributed by atoms with Crippen LogP contribution in [0.1, 0.15) is 16.1 Å². The van der Waals surface area contributed by atoms with Gasteiger partial charge in [0, 0.05) is 13.0 Å².